The van der Waals surface area contributed by atoms with Crippen LogP contribution in [0.15, 0.2) is 24.5 Å². The molecule has 0 amide bonds. The Bertz CT molecular complexity index is 279. The van der Waals surface area contributed by atoms with Crippen molar-refractivity contribution in [2.75, 3.05) is 0 Å². The lowest BCUT2D eigenvalue weighted by Gasteiger charge is -2.07. The summed E-state index contributed by atoms with van der Waals surface area (Å²) in [5.74, 6) is 0.410. The predicted octanol–water partition coefficient (Wildman–Crippen LogP) is 1.39. The summed E-state index contributed by atoms with van der Waals surface area (Å²) in [7, 11) is 0. The van der Waals surface area contributed by atoms with Gasteiger partial charge in [-0.3, -0.25) is 0 Å². The maximum Gasteiger partial charge on any atom is 0.161 e. The summed E-state index contributed by atoms with van der Waals surface area (Å²) >= 11 is 0. The van der Waals surface area contributed by atoms with E-state index in [1.54, 1.807) is 19.3 Å². The van der Waals surface area contributed by atoms with E-state index in [9.17, 15) is 5.11 Å². The molecule has 0 saturated heterocycles. The van der Waals surface area contributed by atoms with Crippen LogP contribution in [-0.4, -0.2) is 15.1 Å². The van der Waals surface area contributed by atoms with Gasteiger partial charge in [-0.15, -0.1) is 0 Å². The van der Waals surface area contributed by atoms with Gasteiger partial charge in [0.15, 0.2) is 5.82 Å². The molecule has 1 atom stereocenters. The van der Waals surface area contributed by atoms with Crippen LogP contribution >= 0.6 is 0 Å². The summed E-state index contributed by atoms with van der Waals surface area (Å²) in [5.41, 5.74) is 1.63. The normalized spacial score (nSPS) is 12.6. The number of hydrogen-bond acceptors (Lipinski definition) is 3. The highest BCUT2D eigenvalue weighted by atomic mass is 16.3. The van der Waals surface area contributed by atoms with Crippen molar-refractivity contribution in [2.45, 2.75) is 20.0 Å². The Morgan fingerprint density at radius 1 is 1.50 bits per heavy atom. The molecular weight excluding hydrogens is 152 g/mol. The van der Waals surface area contributed by atoms with Crippen molar-refractivity contribution < 1.29 is 5.11 Å². The van der Waals surface area contributed by atoms with Crippen molar-refractivity contribution in [3.8, 4) is 0 Å². The molecule has 64 valence electrons. The molecule has 1 rings (SSSR count). The van der Waals surface area contributed by atoms with E-state index in [0.717, 1.165) is 5.56 Å². The summed E-state index contributed by atoms with van der Waals surface area (Å²) in [4.78, 5) is 7.96. The molecule has 0 spiro atoms. The first-order chi connectivity index (χ1) is 5.61. The zero-order valence-corrected chi connectivity index (χ0v) is 7.28. The fraction of sp³-hybridized carbons (Fsp3) is 0.333. The molecule has 12 heavy (non-hydrogen) atoms. The fourth-order valence-corrected chi connectivity index (χ4v) is 0.764. The number of aryl methyl sites for hydroxylation is 1. The van der Waals surface area contributed by atoms with Gasteiger partial charge in [0.05, 0.1) is 0 Å². The molecule has 1 unspecified atom stereocenters. The van der Waals surface area contributed by atoms with Crippen LogP contribution in [0.5, 0.6) is 0 Å². The topological polar surface area (TPSA) is 46.0 Å². The first kappa shape index (κ1) is 8.87. The summed E-state index contributed by atoms with van der Waals surface area (Å²) < 4.78 is 0. The van der Waals surface area contributed by atoms with E-state index >= 15 is 0 Å². The SMILES string of the molecule is C=C(C)C(O)c1ncc(C)cn1. The molecule has 1 heterocycles. The minimum atomic E-state index is -0.745. The standard InChI is InChI=1S/C9H12N2O/c1-6(2)8(12)9-10-4-7(3)5-11-9/h4-5,8,12H,1H2,2-3H3. The molecule has 1 aromatic rings. The number of hydrogen-bond donors (Lipinski definition) is 1. The Morgan fingerprint density at radius 2 is 2.00 bits per heavy atom. The molecule has 0 aliphatic heterocycles. The van der Waals surface area contributed by atoms with E-state index < -0.39 is 6.10 Å². The van der Waals surface area contributed by atoms with E-state index in [4.69, 9.17) is 0 Å². The minimum Gasteiger partial charge on any atom is -0.381 e. The lowest BCUT2D eigenvalue weighted by Crippen LogP contribution is -2.03. The Hall–Kier alpha value is -1.22. The van der Waals surface area contributed by atoms with Crippen molar-refractivity contribution >= 4 is 0 Å². The van der Waals surface area contributed by atoms with Crippen LogP contribution in [0.1, 0.15) is 24.4 Å². The molecular formula is C9H12N2O. The Balaban J connectivity index is 2.89. The summed E-state index contributed by atoms with van der Waals surface area (Å²) in [6.07, 6.45) is 2.61. The maximum absolute atomic E-state index is 9.46. The molecule has 0 bridgehead atoms. The average molecular weight is 164 g/mol. The van der Waals surface area contributed by atoms with E-state index in [2.05, 4.69) is 16.5 Å². The molecule has 3 nitrogen and oxygen atoms in total. The van der Waals surface area contributed by atoms with E-state index in [1.807, 2.05) is 6.92 Å². The third kappa shape index (κ3) is 1.89. The predicted molar refractivity (Wildman–Crippen MR) is 46.5 cm³/mol. The van der Waals surface area contributed by atoms with Crippen molar-refractivity contribution in [1.29, 1.82) is 0 Å². The van der Waals surface area contributed by atoms with Gasteiger partial charge in [-0.1, -0.05) is 6.58 Å². The Kier molecular flexibility index (Phi) is 2.55. The van der Waals surface area contributed by atoms with Gasteiger partial charge >= 0.3 is 0 Å². The highest BCUT2D eigenvalue weighted by Gasteiger charge is 2.09. The second kappa shape index (κ2) is 3.45. The number of aliphatic hydroxyl groups excluding tert-OH is 1. The van der Waals surface area contributed by atoms with Crippen LogP contribution in [0.3, 0.4) is 0 Å². The number of aliphatic hydroxyl groups is 1. The number of nitrogens with zero attached hydrogens (tertiary/aromatic N) is 2. The lowest BCUT2D eigenvalue weighted by atomic mass is 10.2. The molecule has 0 radical (unpaired) electrons. The summed E-state index contributed by atoms with van der Waals surface area (Å²) in [5, 5.41) is 9.46. The largest absolute Gasteiger partial charge is 0.381 e. The monoisotopic (exact) mass is 164 g/mol. The molecule has 0 fully saturated rings. The third-order valence-corrected chi connectivity index (χ3v) is 1.51. The zero-order valence-electron chi connectivity index (χ0n) is 7.28. The van der Waals surface area contributed by atoms with Crippen molar-refractivity contribution in [3.05, 3.63) is 35.9 Å². The van der Waals surface area contributed by atoms with Crippen molar-refractivity contribution in [3.63, 3.8) is 0 Å². The highest BCUT2D eigenvalue weighted by molar-refractivity contribution is 5.10. The van der Waals surface area contributed by atoms with Gasteiger partial charge in [0, 0.05) is 12.4 Å². The average Bonchev–Trinajstić information content (AvgIpc) is 2.04. The smallest absolute Gasteiger partial charge is 0.161 e. The van der Waals surface area contributed by atoms with E-state index in [1.165, 1.54) is 0 Å². The van der Waals surface area contributed by atoms with E-state index in [0.29, 0.717) is 11.4 Å². The molecule has 1 aromatic heterocycles. The van der Waals surface area contributed by atoms with Gasteiger partial charge in [-0.2, -0.15) is 0 Å². The van der Waals surface area contributed by atoms with Gasteiger partial charge in [-0.25, -0.2) is 9.97 Å². The molecule has 1 N–H and O–H groups in total. The van der Waals surface area contributed by atoms with E-state index in [-0.39, 0.29) is 0 Å². The first-order valence-corrected chi connectivity index (χ1v) is 3.73. The van der Waals surface area contributed by atoms with Crippen LogP contribution in [0.25, 0.3) is 0 Å². The second-order valence-corrected chi connectivity index (χ2v) is 2.87. The highest BCUT2D eigenvalue weighted by Crippen LogP contribution is 2.14. The van der Waals surface area contributed by atoms with Gasteiger partial charge in [0.1, 0.15) is 6.10 Å². The Labute approximate surface area is 71.8 Å². The Morgan fingerprint density at radius 3 is 2.42 bits per heavy atom. The number of aromatic nitrogens is 2. The van der Waals surface area contributed by atoms with Crippen LogP contribution in [-0.2, 0) is 0 Å². The van der Waals surface area contributed by atoms with Gasteiger partial charge < -0.3 is 5.11 Å². The van der Waals surface area contributed by atoms with Crippen LogP contribution in [0.4, 0.5) is 0 Å². The quantitative estimate of drug-likeness (QED) is 0.672. The third-order valence-electron chi connectivity index (χ3n) is 1.51. The molecule has 0 aliphatic rings. The molecule has 0 saturated carbocycles. The first-order valence-electron chi connectivity index (χ1n) is 3.73. The lowest BCUT2D eigenvalue weighted by molar-refractivity contribution is 0.206. The fourth-order valence-electron chi connectivity index (χ4n) is 0.764. The maximum atomic E-state index is 9.46. The number of rotatable bonds is 2. The van der Waals surface area contributed by atoms with Gasteiger partial charge in [-0.05, 0) is 25.0 Å². The summed E-state index contributed by atoms with van der Waals surface area (Å²) in [6.45, 7) is 7.27. The molecule has 0 aliphatic carbocycles. The van der Waals surface area contributed by atoms with Gasteiger partial charge in [0.25, 0.3) is 0 Å². The van der Waals surface area contributed by atoms with Gasteiger partial charge in [0.2, 0.25) is 0 Å². The van der Waals surface area contributed by atoms with Crippen molar-refractivity contribution in [1.82, 2.24) is 9.97 Å². The minimum absolute atomic E-state index is 0.410. The zero-order chi connectivity index (χ0) is 9.14. The molecule has 3 heteroatoms. The van der Waals surface area contributed by atoms with Crippen LogP contribution < -0.4 is 0 Å². The van der Waals surface area contributed by atoms with Crippen LogP contribution in [0, 0.1) is 6.92 Å². The molecule has 0 aromatic carbocycles. The van der Waals surface area contributed by atoms with Crippen molar-refractivity contribution in [2.24, 2.45) is 0 Å². The summed E-state index contributed by atoms with van der Waals surface area (Å²) in [6, 6.07) is 0. The second-order valence-electron chi connectivity index (χ2n) is 2.87. The van der Waals surface area contributed by atoms with Crippen LogP contribution in [0.2, 0.25) is 0 Å².